The fraction of sp³-hybridized carbons (Fsp3) is 1.00. The highest BCUT2D eigenvalue weighted by Crippen LogP contribution is 2.35. The van der Waals surface area contributed by atoms with E-state index < -0.39 is 0 Å². The van der Waals surface area contributed by atoms with Crippen molar-refractivity contribution >= 4 is 0 Å². The van der Waals surface area contributed by atoms with E-state index in [2.05, 4.69) is 37.9 Å². The molecule has 2 heteroatoms. The first-order chi connectivity index (χ1) is 8.11. The Balaban J connectivity index is 2.05. The smallest absolute Gasteiger partial charge is 0.0329 e. The van der Waals surface area contributed by atoms with Gasteiger partial charge in [-0.3, -0.25) is 4.90 Å². The van der Waals surface area contributed by atoms with Crippen LogP contribution in [0.4, 0.5) is 0 Å². The van der Waals surface area contributed by atoms with Crippen molar-refractivity contribution in [1.82, 2.24) is 10.2 Å². The number of nitrogens with one attached hydrogen (secondary N) is 1. The Morgan fingerprint density at radius 2 is 1.88 bits per heavy atom. The van der Waals surface area contributed by atoms with Crippen LogP contribution in [-0.4, -0.2) is 36.1 Å². The van der Waals surface area contributed by atoms with Gasteiger partial charge in [-0.2, -0.15) is 0 Å². The number of piperazine rings is 1. The van der Waals surface area contributed by atoms with E-state index >= 15 is 0 Å². The molecule has 2 nitrogen and oxygen atoms in total. The van der Waals surface area contributed by atoms with E-state index in [0.29, 0.717) is 11.6 Å². The van der Waals surface area contributed by atoms with Gasteiger partial charge in [-0.1, -0.05) is 27.7 Å². The normalized spacial score (nSPS) is 29.8. The topological polar surface area (TPSA) is 15.3 Å². The molecular weight excluding hydrogens is 208 g/mol. The second-order valence-corrected chi connectivity index (χ2v) is 6.51. The summed E-state index contributed by atoms with van der Waals surface area (Å²) < 4.78 is 0. The highest BCUT2D eigenvalue weighted by Gasteiger charge is 2.41. The molecular formula is C15H30N2. The summed E-state index contributed by atoms with van der Waals surface area (Å²) in [5, 5.41) is 3.79. The third-order valence-electron chi connectivity index (χ3n) is 5.08. The summed E-state index contributed by atoms with van der Waals surface area (Å²) in [5.74, 6) is 1.77. The first-order valence-electron chi connectivity index (χ1n) is 7.59. The average molecular weight is 238 g/mol. The Morgan fingerprint density at radius 3 is 2.35 bits per heavy atom. The van der Waals surface area contributed by atoms with Crippen LogP contribution in [0, 0.1) is 11.8 Å². The molecule has 0 radical (unpaired) electrons. The quantitative estimate of drug-likeness (QED) is 0.792. The van der Waals surface area contributed by atoms with Crippen molar-refractivity contribution in [2.75, 3.05) is 19.6 Å². The van der Waals surface area contributed by atoms with Crippen molar-refractivity contribution in [3.8, 4) is 0 Å². The van der Waals surface area contributed by atoms with Crippen molar-refractivity contribution in [3.63, 3.8) is 0 Å². The number of rotatable bonds is 5. The zero-order valence-corrected chi connectivity index (χ0v) is 12.1. The molecule has 1 unspecified atom stereocenters. The largest absolute Gasteiger partial charge is 0.311 e. The van der Waals surface area contributed by atoms with E-state index in [9.17, 15) is 0 Å². The molecule has 0 amide bonds. The van der Waals surface area contributed by atoms with Gasteiger partial charge in [0.05, 0.1) is 0 Å². The maximum atomic E-state index is 3.79. The van der Waals surface area contributed by atoms with E-state index in [-0.39, 0.29) is 0 Å². The molecule has 0 aromatic rings. The Bertz CT molecular complexity index is 241. The second-order valence-electron chi connectivity index (χ2n) is 6.51. The van der Waals surface area contributed by atoms with Gasteiger partial charge in [0.2, 0.25) is 0 Å². The monoisotopic (exact) mass is 238 g/mol. The Hall–Kier alpha value is -0.0800. The van der Waals surface area contributed by atoms with Crippen molar-refractivity contribution in [2.24, 2.45) is 11.8 Å². The highest BCUT2D eigenvalue weighted by molar-refractivity contribution is 4.99. The molecule has 17 heavy (non-hydrogen) atoms. The number of hydrogen-bond acceptors (Lipinski definition) is 2. The lowest BCUT2D eigenvalue weighted by molar-refractivity contribution is 0.0187. The first-order valence-corrected chi connectivity index (χ1v) is 7.59. The van der Waals surface area contributed by atoms with Crippen molar-refractivity contribution < 1.29 is 0 Å². The lowest BCUT2D eigenvalue weighted by atomic mass is 9.85. The lowest BCUT2D eigenvalue weighted by Crippen LogP contribution is -2.65. The number of hydrogen-bond donors (Lipinski definition) is 1. The SMILES string of the molecule is CCC1(CC)CNC(C(C)C)CN1CC1CC1. The van der Waals surface area contributed by atoms with Gasteiger partial charge >= 0.3 is 0 Å². The molecule has 1 saturated carbocycles. The van der Waals surface area contributed by atoms with Gasteiger partial charge < -0.3 is 5.32 Å². The van der Waals surface area contributed by atoms with Crippen molar-refractivity contribution in [1.29, 1.82) is 0 Å². The Morgan fingerprint density at radius 1 is 1.24 bits per heavy atom. The van der Waals surface area contributed by atoms with Crippen LogP contribution < -0.4 is 5.32 Å². The van der Waals surface area contributed by atoms with Crippen LogP contribution in [0.5, 0.6) is 0 Å². The molecule has 1 heterocycles. The molecule has 1 N–H and O–H groups in total. The van der Waals surface area contributed by atoms with Gasteiger partial charge in [-0.25, -0.2) is 0 Å². The molecule has 100 valence electrons. The third kappa shape index (κ3) is 2.85. The van der Waals surface area contributed by atoms with Crippen LogP contribution in [0.3, 0.4) is 0 Å². The predicted octanol–water partition coefficient (Wildman–Crippen LogP) is 2.89. The van der Waals surface area contributed by atoms with Crippen LogP contribution in [0.2, 0.25) is 0 Å². The fourth-order valence-corrected chi connectivity index (χ4v) is 3.20. The van der Waals surface area contributed by atoms with Crippen LogP contribution in [0.15, 0.2) is 0 Å². The molecule has 2 rings (SSSR count). The molecule has 0 aromatic carbocycles. The average Bonchev–Trinajstić information content (AvgIpc) is 3.13. The minimum absolute atomic E-state index is 0.438. The van der Waals surface area contributed by atoms with Crippen LogP contribution in [0.25, 0.3) is 0 Å². The molecule has 1 saturated heterocycles. The van der Waals surface area contributed by atoms with E-state index in [1.54, 1.807) is 0 Å². The van der Waals surface area contributed by atoms with Crippen LogP contribution in [-0.2, 0) is 0 Å². The van der Waals surface area contributed by atoms with Crippen molar-refractivity contribution in [2.45, 2.75) is 65.0 Å². The Kier molecular flexibility index (Phi) is 4.14. The fourth-order valence-electron chi connectivity index (χ4n) is 3.20. The summed E-state index contributed by atoms with van der Waals surface area (Å²) in [7, 11) is 0. The molecule has 1 aliphatic carbocycles. The van der Waals surface area contributed by atoms with Crippen molar-refractivity contribution in [3.05, 3.63) is 0 Å². The zero-order chi connectivity index (χ0) is 12.5. The lowest BCUT2D eigenvalue weighted by Gasteiger charge is -2.50. The minimum atomic E-state index is 0.438. The first kappa shape index (κ1) is 13.4. The van der Waals surface area contributed by atoms with Crippen LogP contribution in [0.1, 0.15) is 53.4 Å². The summed E-state index contributed by atoms with van der Waals surface area (Å²) in [6.07, 6.45) is 5.52. The van der Waals surface area contributed by atoms with Gasteiger partial charge in [0.15, 0.2) is 0 Å². The summed E-state index contributed by atoms with van der Waals surface area (Å²) >= 11 is 0. The van der Waals surface area contributed by atoms with Gasteiger partial charge in [0.1, 0.15) is 0 Å². The summed E-state index contributed by atoms with van der Waals surface area (Å²) in [5.41, 5.74) is 0.438. The van der Waals surface area contributed by atoms with Gasteiger partial charge in [0, 0.05) is 31.2 Å². The maximum Gasteiger partial charge on any atom is 0.0329 e. The highest BCUT2D eigenvalue weighted by atomic mass is 15.3. The molecule has 2 fully saturated rings. The molecule has 2 aliphatic rings. The van der Waals surface area contributed by atoms with E-state index in [4.69, 9.17) is 0 Å². The summed E-state index contributed by atoms with van der Waals surface area (Å²) in [6.45, 7) is 13.2. The maximum absolute atomic E-state index is 3.79. The summed E-state index contributed by atoms with van der Waals surface area (Å²) in [6, 6.07) is 0.694. The minimum Gasteiger partial charge on any atom is -0.311 e. The predicted molar refractivity (Wildman–Crippen MR) is 74.2 cm³/mol. The molecule has 0 spiro atoms. The van der Waals surface area contributed by atoms with Gasteiger partial charge in [-0.15, -0.1) is 0 Å². The molecule has 1 aliphatic heterocycles. The molecule has 0 aromatic heterocycles. The van der Waals surface area contributed by atoms with E-state index in [1.807, 2.05) is 0 Å². The molecule has 0 bridgehead atoms. The van der Waals surface area contributed by atoms with Crippen LogP contribution >= 0.6 is 0 Å². The molecule has 1 atom stereocenters. The zero-order valence-electron chi connectivity index (χ0n) is 12.1. The van der Waals surface area contributed by atoms with Gasteiger partial charge in [-0.05, 0) is 37.5 Å². The number of nitrogens with zero attached hydrogens (tertiary/aromatic N) is 1. The second kappa shape index (κ2) is 5.27. The van der Waals surface area contributed by atoms with E-state index in [0.717, 1.165) is 11.8 Å². The third-order valence-corrected chi connectivity index (χ3v) is 5.08. The van der Waals surface area contributed by atoms with E-state index in [1.165, 1.54) is 45.3 Å². The standard InChI is InChI=1S/C15H30N2/c1-5-15(6-2)11-16-14(12(3)4)10-17(15)9-13-7-8-13/h12-14,16H,5-11H2,1-4H3. The summed E-state index contributed by atoms with van der Waals surface area (Å²) in [4.78, 5) is 2.83. The van der Waals surface area contributed by atoms with Gasteiger partial charge in [0.25, 0.3) is 0 Å². The Labute approximate surface area is 107 Å².